The number of benzene rings is 2. The van der Waals surface area contributed by atoms with Crippen LogP contribution in [-0.4, -0.2) is 45.3 Å². The van der Waals surface area contributed by atoms with Crippen LogP contribution in [0.5, 0.6) is 5.75 Å². The third kappa shape index (κ3) is 7.29. The number of ether oxygens (including phenoxy) is 1. The Hall–Kier alpha value is -2.78. The molecule has 0 bridgehead atoms. The van der Waals surface area contributed by atoms with E-state index in [0.29, 0.717) is 5.56 Å². The number of carboxylic acids is 1. The molecule has 15 heteroatoms. The molecule has 0 N–H and O–H groups in total. The summed E-state index contributed by atoms with van der Waals surface area (Å²) in [5.74, 6) is -1.66. The number of imidazole rings is 1. The monoisotopic (exact) mass is 603 g/mol. The molecule has 0 spiro atoms. The molecule has 2 aromatic carbocycles. The molecule has 2 aromatic heterocycles. The van der Waals surface area contributed by atoms with Crippen LogP contribution in [0.2, 0.25) is 0 Å². The molecule has 4 rings (SSSR count). The molecule has 1 unspecified atom stereocenters. The van der Waals surface area contributed by atoms with E-state index in [2.05, 4.69) is 9.97 Å². The zero-order chi connectivity index (χ0) is 28.4. The number of aryl methyl sites for hydroxylation is 1. The number of para-hydroxylation sites is 2. The van der Waals surface area contributed by atoms with E-state index < -0.39 is 39.6 Å². The molecule has 0 saturated carbocycles. The number of rotatable bonds is 10. The molecule has 1 atom stereocenters. The zero-order valence-electron chi connectivity index (χ0n) is 21.3. The van der Waals surface area contributed by atoms with Crippen LogP contribution in [0.25, 0.3) is 11.0 Å². The fourth-order valence-corrected chi connectivity index (χ4v) is 6.79. The van der Waals surface area contributed by atoms with Gasteiger partial charge in [0.2, 0.25) is 5.16 Å². The summed E-state index contributed by atoms with van der Waals surface area (Å²) < 4.78 is 84.5. The molecule has 0 aliphatic heterocycles. The van der Waals surface area contributed by atoms with E-state index in [9.17, 15) is 35.7 Å². The van der Waals surface area contributed by atoms with Gasteiger partial charge in [-0.2, -0.15) is 13.2 Å². The van der Waals surface area contributed by atoms with Crippen LogP contribution in [0, 0.1) is 6.92 Å². The molecule has 0 radical (unpaired) electrons. The summed E-state index contributed by atoms with van der Waals surface area (Å²) >= 11 is 0. The molecule has 0 aliphatic rings. The molecule has 9 nitrogen and oxygen atoms in total. The van der Waals surface area contributed by atoms with Gasteiger partial charge in [-0.25, -0.2) is 17.4 Å². The fourth-order valence-electron chi connectivity index (χ4n) is 3.75. The van der Waals surface area contributed by atoms with Gasteiger partial charge in [0.25, 0.3) is 10.0 Å². The molecule has 0 saturated heterocycles. The largest absolute Gasteiger partial charge is 1.00 e. The summed E-state index contributed by atoms with van der Waals surface area (Å²) in [4.78, 5) is 19.0. The van der Waals surface area contributed by atoms with Crippen molar-refractivity contribution in [3.8, 4) is 5.75 Å². The van der Waals surface area contributed by atoms with Crippen molar-refractivity contribution in [3.05, 3.63) is 77.6 Å². The summed E-state index contributed by atoms with van der Waals surface area (Å²) in [6, 6.07) is 13.1. The fraction of sp³-hybridized carbons (Fsp3) is 0.240. The van der Waals surface area contributed by atoms with E-state index in [1.807, 2.05) is 0 Å². The van der Waals surface area contributed by atoms with Crippen molar-refractivity contribution in [3.63, 3.8) is 0 Å². The minimum atomic E-state index is -4.55. The first-order valence-corrected chi connectivity index (χ1v) is 14.2. The summed E-state index contributed by atoms with van der Waals surface area (Å²) in [5, 5.41) is 10.4. The van der Waals surface area contributed by atoms with E-state index in [0.717, 1.165) is 3.97 Å². The molecule has 40 heavy (non-hydrogen) atoms. The maximum absolute atomic E-state index is 13.7. The van der Waals surface area contributed by atoms with Gasteiger partial charge in [0.1, 0.15) is 5.75 Å². The Kier molecular flexibility index (Phi) is 10.2. The number of hydrogen-bond acceptors (Lipinski definition) is 8. The maximum atomic E-state index is 13.7. The van der Waals surface area contributed by atoms with E-state index >= 15 is 0 Å². The molecule has 0 amide bonds. The van der Waals surface area contributed by atoms with Crippen LogP contribution >= 0.6 is 0 Å². The first-order chi connectivity index (χ1) is 18.4. The number of alkyl halides is 3. The number of carboxylic acid groups (broad SMARTS) is 1. The van der Waals surface area contributed by atoms with E-state index in [1.54, 1.807) is 18.2 Å². The SMILES string of the molecule is Cc1c(OCC(F)(F)F)ccnc1CS(=O)c1nc2ccccc2n1S(=O)(=O)c1ccc(CCC(=O)[O-])cc1.[Na+]. The molecular formula is C25H21F3N3NaO6S2. The van der Waals surface area contributed by atoms with Crippen molar-refractivity contribution in [1.82, 2.24) is 13.9 Å². The topological polar surface area (TPSA) is 131 Å². The molecule has 206 valence electrons. The van der Waals surface area contributed by atoms with Gasteiger partial charge in [0.15, 0.2) is 6.61 Å². The van der Waals surface area contributed by atoms with Crippen molar-refractivity contribution in [2.24, 2.45) is 0 Å². The number of carbonyl (C=O) groups is 1. The van der Waals surface area contributed by atoms with Gasteiger partial charge in [-0.3, -0.25) is 9.19 Å². The second kappa shape index (κ2) is 12.8. The number of nitrogens with zero attached hydrogens (tertiary/aromatic N) is 3. The van der Waals surface area contributed by atoms with Gasteiger partial charge in [-0.1, -0.05) is 24.3 Å². The number of carbonyl (C=O) groups excluding carboxylic acids is 1. The van der Waals surface area contributed by atoms with Gasteiger partial charge >= 0.3 is 35.7 Å². The number of pyridine rings is 1. The van der Waals surface area contributed by atoms with Crippen LogP contribution in [0.4, 0.5) is 13.2 Å². The van der Waals surface area contributed by atoms with Crippen LogP contribution in [0.3, 0.4) is 0 Å². The number of aliphatic carboxylic acids is 1. The maximum Gasteiger partial charge on any atom is 1.00 e. The van der Waals surface area contributed by atoms with E-state index in [1.165, 1.54) is 49.5 Å². The average Bonchev–Trinajstić information content (AvgIpc) is 3.28. The van der Waals surface area contributed by atoms with Crippen LogP contribution in [-0.2, 0) is 37.8 Å². The third-order valence-corrected chi connectivity index (χ3v) is 8.74. The first-order valence-electron chi connectivity index (χ1n) is 11.4. The van der Waals surface area contributed by atoms with E-state index in [-0.39, 0.29) is 86.2 Å². The number of hydrogen-bond donors (Lipinski definition) is 0. The Morgan fingerprint density at radius 3 is 2.42 bits per heavy atom. The minimum absolute atomic E-state index is 0. The van der Waals surface area contributed by atoms with Gasteiger partial charge in [0, 0.05) is 17.7 Å². The second-order valence-corrected chi connectivity index (χ2v) is 11.6. The Balaban J connectivity index is 0.00000441. The zero-order valence-corrected chi connectivity index (χ0v) is 25.0. The Labute approximate surface area is 252 Å². The van der Waals surface area contributed by atoms with Gasteiger partial charge in [0.05, 0.1) is 38.2 Å². The van der Waals surface area contributed by atoms with Gasteiger partial charge < -0.3 is 14.6 Å². The first kappa shape index (κ1) is 31.7. The quantitative estimate of drug-likeness (QED) is 0.230. The van der Waals surface area contributed by atoms with E-state index in [4.69, 9.17) is 4.74 Å². The standard InChI is InChI=1S/C25H22F3N3O6S2.Na/c1-16-20(29-13-12-22(16)37-15-25(26,27)28)14-38(34)24-30-19-4-2-3-5-21(19)31(24)39(35,36)18-9-6-17(7-10-18)8-11-23(32)33;/h2-7,9-10,12-13H,8,11,14-15H2,1H3,(H,32,33);/q;+1/p-1. The third-order valence-electron chi connectivity index (χ3n) is 5.69. The summed E-state index contributed by atoms with van der Waals surface area (Å²) in [6.45, 7) is -0.0483. The Bertz CT molecular complexity index is 1660. The van der Waals surface area contributed by atoms with Crippen LogP contribution in [0.15, 0.2) is 70.8 Å². The number of halogens is 3. The Morgan fingerprint density at radius 2 is 1.77 bits per heavy atom. The molecule has 0 aliphatic carbocycles. The van der Waals surface area contributed by atoms with Gasteiger partial charge in [-0.15, -0.1) is 0 Å². The molecule has 2 heterocycles. The van der Waals surface area contributed by atoms with Crippen molar-refractivity contribution >= 4 is 37.8 Å². The summed E-state index contributed by atoms with van der Waals surface area (Å²) in [6.07, 6.45) is -3.40. The second-order valence-electron chi connectivity index (χ2n) is 8.44. The van der Waals surface area contributed by atoms with Crippen LogP contribution in [0.1, 0.15) is 23.2 Å². The number of aromatic nitrogens is 3. The number of fused-ring (bicyclic) bond motifs is 1. The van der Waals surface area contributed by atoms with Gasteiger partial charge in [-0.05, 0) is 55.7 Å². The van der Waals surface area contributed by atoms with Crippen molar-refractivity contribution in [2.75, 3.05) is 6.61 Å². The molecular weight excluding hydrogens is 582 g/mol. The van der Waals surface area contributed by atoms with Crippen molar-refractivity contribution < 1.29 is 70.0 Å². The smallest absolute Gasteiger partial charge is 0.550 e. The van der Waals surface area contributed by atoms with Crippen molar-refractivity contribution in [1.29, 1.82) is 0 Å². The Morgan fingerprint density at radius 1 is 1.10 bits per heavy atom. The summed E-state index contributed by atoms with van der Waals surface area (Å²) in [7, 11) is -6.41. The summed E-state index contributed by atoms with van der Waals surface area (Å²) in [5.41, 5.74) is 1.41. The van der Waals surface area contributed by atoms with Crippen LogP contribution < -0.4 is 39.4 Å². The van der Waals surface area contributed by atoms with Crippen molar-refractivity contribution in [2.45, 2.75) is 41.7 Å². The predicted molar refractivity (Wildman–Crippen MR) is 133 cm³/mol. The average molecular weight is 604 g/mol. The minimum Gasteiger partial charge on any atom is -0.550 e. The molecule has 0 fully saturated rings. The molecule has 4 aromatic rings. The normalized spacial score (nSPS) is 12.6. The predicted octanol–water partition coefficient (Wildman–Crippen LogP) is -0.0879.